The van der Waals surface area contributed by atoms with Gasteiger partial charge in [-0.05, 0) is 55.4 Å². The van der Waals surface area contributed by atoms with Crippen LogP contribution in [0.4, 0.5) is 0 Å². The van der Waals surface area contributed by atoms with Gasteiger partial charge in [0.05, 0.1) is 10.9 Å². The highest BCUT2D eigenvalue weighted by atomic mass is 32.1. The highest BCUT2D eigenvalue weighted by molar-refractivity contribution is 7.80. The van der Waals surface area contributed by atoms with Crippen LogP contribution in [0.1, 0.15) is 25.7 Å². The lowest BCUT2D eigenvalue weighted by Crippen LogP contribution is -2.49. The Balaban J connectivity index is 1.56. The van der Waals surface area contributed by atoms with Crippen LogP contribution in [0, 0.1) is 11.8 Å². The third kappa shape index (κ3) is 2.55. The van der Waals surface area contributed by atoms with Gasteiger partial charge in [0.1, 0.15) is 0 Å². The number of fused-ring (bicyclic) bond motifs is 3. The summed E-state index contributed by atoms with van der Waals surface area (Å²) in [7, 11) is 0. The molecule has 0 radical (unpaired) electrons. The van der Waals surface area contributed by atoms with E-state index in [1.807, 2.05) is 0 Å². The maximum Gasteiger partial charge on any atom is 0.348 e. The average molecular weight is 330 g/mol. The number of rotatable bonds is 2. The van der Waals surface area contributed by atoms with Crippen LogP contribution in [0.2, 0.25) is 0 Å². The highest BCUT2D eigenvalue weighted by Gasteiger charge is 2.39. The van der Waals surface area contributed by atoms with Crippen LogP contribution < -0.4 is 22.0 Å². The van der Waals surface area contributed by atoms with E-state index in [2.05, 4.69) is 15.7 Å². The van der Waals surface area contributed by atoms with Gasteiger partial charge in [0.25, 0.3) is 5.56 Å². The van der Waals surface area contributed by atoms with Gasteiger partial charge in [-0.2, -0.15) is 4.68 Å². The number of aromatic amines is 1. The molecule has 0 amide bonds. The molecule has 0 spiro atoms. The predicted molar refractivity (Wildman–Crippen MR) is 93.2 cm³/mol. The van der Waals surface area contributed by atoms with Gasteiger partial charge in [-0.25, -0.2) is 4.79 Å². The molecular weight excluding hydrogens is 312 g/mol. The molecule has 0 saturated heterocycles. The van der Waals surface area contributed by atoms with Crippen molar-refractivity contribution in [3.05, 3.63) is 45.1 Å². The third-order valence-electron chi connectivity index (χ3n) is 5.07. The van der Waals surface area contributed by atoms with E-state index in [0.29, 0.717) is 28.0 Å². The molecule has 1 heterocycles. The van der Waals surface area contributed by atoms with E-state index in [0.717, 1.165) is 17.0 Å². The quantitative estimate of drug-likeness (QED) is 0.723. The molecule has 0 unspecified atom stereocenters. The molecule has 120 valence electrons. The molecule has 2 aliphatic rings. The van der Waals surface area contributed by atoms with Crippen molar-refractivity contribution in [1.29, 1.82) is 0 Å². The summed E-state index contributed by atoms with van der Waals surface area (Å²) in [5.41, 5.74) is 2.33. The van der Waals surface area contributed by atoms with E-state index in [-0.39, 0.29) is 0 Å². The molecule has 2 aromatic rings. The summed E-state index contributed by atoms with van der Waals surface area (Å²) in [5, 5.41) is 4.04. The summed E-state index contributed by atoms with van der Waals surface area (Å²) in [5.74, 6) is 1.46. The third-order valence-corrected chi connectivity index (χ3v) is 5.28. The topological polar surface area (TPSA) is 78.9 Å². The van der Waals surface area contributed by atoms with Crippen LogP contribution in [0.5, 0.6) is 0 Å². The SMILES string of the molecule is O=c1[nH]c2ccccc2c(=O)n1NC(=S)N[C@@H]1C[C@@H]2CC[C@H]1C2. The normalized spacial score (nSPS) is 25.7. The second-order valence-electron chi connectivity index (χ2n) is 6.48. The molecule has 1 aromatic carbocycles. The second kappa shape index (κ2) is 5.49. The Morgan fingerprint density at radius 1 is 1.22 bits per heavy atom. The lowest BCUT2D eigenvalue weighted by Gasteiger charge is -2.24. The van der Waals surface area contributed by atoms with Gasteiger partial charge in [-0.3, -0.25) is 10.2 Å². The van der Waals surface area contributed by atoms with E-state index in [1.54, 1.807) is 24.3 Å². The minimum atomic E-state index is -0.522. The lowest BCUT2D eigenvalue weighted by atomic mass is 9.96. The standard InChI is InChI=1S/C16H18N4O2S/c21-14-11-3-1-2-4-12(11)18-16(22)20(14)19-15(23)17-13-8-9-5-6-10(13)7-9/h1-4,9-10,13H,5-8H2,(H,18,22)(H2,17,19,23)/t9-,10+,13-/m1/s1. The zero-order valence-electron chi connectivity index (χ0n) is 12.5. The fourth-order valence-corrected chi connectivity index (χ4v) is 4.23. The Morgan fingerprint density at radius 2 is 2.04 bits per heavy atom. The fraction of sp³-hybridized carbons (Fsp3) is 0.438. The summed E-state index contributed by atoms with van der Waals surface area (Å²) < 4.78 is 0.935. The van der Waals surface area contributed by atoms with E-state index in [4.69, 9.17) is 12.2 Å². The first-order valence-corrected chi connectivity index (χ1v) is 8.34. The molecule has 2 aliphatic carbocycles. The summed E-state index contributed by atoms with van der Waals surface area (Å²) in [6, 6.07) is 7.27. The van der Waals surface area contributed by atoms with Crippen LogP contribution >= 0.6 is 12.2 Å². The Bertz CT molecular complexity index is 888. The van der Waals surface area contributed by atoms with Gasteiger partial charge >= 0.3 is 5.69 Å². The minimum absolute atomic E-state index is 0.324. The number of hydrogen-bond acceptors (Lipinski definition) is 3. The van der Waals surface area contributed by atoms with Crippen LogP contribution in [0.25, 0.3) is 10.9 Å². The first kappa shape index (κ1) is 14.4. The van der Waals surface area contributed by atoms with Crippen LogP contribution in [0.3, 0.4) is 0 Å². The number of nitrogens with zero attached hydrogens (tertiary/aromatic N) is 1. The summed E-state index contributed by atoms with van der Waals surface area (Å²) >= 11 is 5.30. The number of aromatic nitrogens is 2. The molecule has 2 bridgehead atoms. The Morgan fingerprint density at radius 3 is 2.78 bits per heavy atom. The number of H-pyrrole nitrogens is 1. The van der Waals surface area contributed by atoms with E-state index >= 15 is 0 Å². The number of nitrogens with one attached hydrogen (secondary N) is 3. The maximum atomic E-state index is 12.4. The van der Waals surface area contributed by atoms with Crippen molar-refractivity contribution in [3.63, 3.8) is 0 Å². The Labute approximate surface area is 137 Å². The van der Waals surface area contributed by atoms with Gasteiger partial charge < -0.3 is 10.3 Å². The highest BCUT2D eigenvalue weighted by Crippen LogP contribution is 2.44. The van der Waals surface area contributed by atoms with Crippen molar-refractivity contribution < 1.29 is 0 Å². The molecular formula is C16H18N4O2S. The number of thiocarbonyl (C=S) groups is 1. The molecule has 0 aliphatic heterocycles. The molecule has 3 N–H and O–H groups in total. The van der Waals surface area contributed by atoms with Crippen molar-refractivity contribution in [3.8, 4) is 0 Å². The van der Waals surface area contributed by atoms with E-state index in [9.17, 15) is 9.59 Å². The summed E-state index contributed by atoms with van der Waals surface area (Å²) in [6.07, 6.45) is 4.93. The molecule has 7 heteroatoms. The average Bonchev–Trinajstić information content (AvgIpc) is 3.14. The van der Waals surface area contributed by atoms with Crippen LogP contribution in [-0.4, -0.2) is 20.8 Å². The molecule has 2 fully saturated rings. The molecule has 3 atom stereocenters. The fourth-order valence-electron chi connectivity index (χ4n) is 3.99. The van der Waals surface area contributed by atoms with Crippen molar-refractivity contribution >= 4 is 28.2 Å². The Kier molecular flexibility index (Phi) is 3.45. The van der Waals surface area contributed by atoms with Crippen molar-refractivity contribution in [2.24, 2.45) is 11.8 Å². The van der Waals surface area contributed by atoms with Gasteiger partial charge in [0, 0.05) is 6.04 Å². The summed E-state index contributed by atoms with van der Waals surface area (Å²) in [6.45, 7) is 0. The lowest BCUT2D eigenvalue weighted by molar-refractivity contribution is 0.391. The van der Waals surface area contributed by atoms with Crippen molar-refractivity contribution in [2.45, 2.75) is 31.7 Å². The summed E-state index contributed by atoms with van der Waals surface area (Å²) in [4.78, 5) is 27.2. The smallest absolute Gasteiger partial charge is 0.348 e. The second-order valence-corrected chi connectivity index (χ2v) is 6.89. The van der Waals surface area contributed by atoms with E-state index < -0.39 is 11.2 Å². The monoisotopic (exact) mass is 330 g/mol. The first-order chi connectivity index (χ1) is 11.1. The maximum absolute atomic E-state index is 12.4. The minimum Gasteiger partial charge on any atom is -0.358 e. The van der Waals surface area contributed by atoms with Crippen LogP contribution in [0.15, 0.2) is 33.9 Å². The molecule has 6 nitrogen and oxygen atoms in total. The Hall–Kier alpha value is -2.15. The molecule has 1 aromatic heterocycles. The number of para-hydroxylation sites is 1. The van der Waals surface area contributed by atoms with Crippen LogP contribution in [-0.2, 0) is 0 Å². The van der Waals surface area contributed by atoms with Gasteiger partial charge in [0.15, 0.2) is 5.11 Å². The zero-order chi connectivity index (χ0) is 16.0. The first-order valence-electron chi connectivity index (χ1n) is 7.93. The molecule has 4 rings (SSSR count). The van der Waals surface area contributed by atoms with Gasteiger partial charge in [0.2, 0.25) is 0 Å². The van der Waals surface area contributed by atoms with E-state index in [1.165, 1.54) is 19.3 Å². The number of hydrogen-bond donors (Lipinski definition) is 3. The van der Waals surface area contributed by atoms with Crippen molar-refractivity contribution in [1.82, 2.24) is 15.0 Å². The van der Waals surface area contributed by atoms with Crippen molar-refractivity contribution in [2.75, 3.05) is 5.43 Å². The van der Waals surface area contributed by atoms with Gasteiger partial charge in [-0.1, -0.05) is 18.6 Å². The number of benzene rings is 1. The molecule has 2 saturated carbocycles. The molecule has 23 heavy (non-hydrogen) atoms. The largest absolute Gasteiger partial charge is 0.358 e. The van der Waals surface area contributed by atoms with Gasteiger partial charge in [-0.15, -0.1) is 0 Å². The zero-order valence-corrected chi connectivity index (χ0v) is 13.4. The predicted octanol–water partition coefficient (Wildman–Crippen LogP) is 1.30.